The molecule has 0 spiro atoms. The summed E-state index contributed by atoms with van der Waals surface area (Å²) in [5.41, 5.74) is -1.51. The lowest BCUT2D eigenvalue weighted by molar-refractivity contribution is -0.141. The van der Waals surface area contributed by atoms with E-state index in [9.17, 15) is 38.1 Å². The fraction of sp³-hybridized carbons (Fsp3) is 0.393. The van der Waals surface area contributed by atoms with Crippen molar-refractivity contribution in [3.63, 3.8) is 0 Å². The van der Waals surface area contributed by atoms with Crippen LogP contribution in [0.15, 0.2) is 43.0 Å². The molecule has 4 aromatic rings. The number of nitrogens with one attached hydrogen (secondary N) is 1. The Morgan fingerprint density at radius 1 is 1.11 bits per heavy atom. The zero-order valence-electron chi connectivity index (χ0n) is 23.7. The van der Waals surface area contributed by atoms with Crippen molar-refractivity contribution < 1.29 is 42.8 Å². The van der Waals surface area contributed by atoms with Crippen molar-refractivity contribution in [3.8, 4) is 28.6 Å². The summed E-state index contributed by atoms with van der Waals surface area (Å²) in [5.74, 6) is -0.719. The summed E-state index contributed by atoms with van der Waals surface area (Å²) < 4.78 is 49.2. The third kappa shape index (κ3) is 6.13. The molecule has 1 aromatic carbocycles. The molecule has 2 saturated heterocycles. The van der Waals surface area contributed by atoms with Crippen LogP contribution in [0.4, 0.5) is 13.2 Å². The number of rotatable bonds is 7. The fourth-order valence-electron chi connectivity index (χ4n) is 5.53. The van der Waals surface area contributed by atoms with Crippen molar-refractivity contribution in [3.05, 3.63) is 54.2 Å². The average Bonchev–Trinajstić information content (AvgIpc) is 3.77. The van der Waals surface area contributed by atoms with Crippen LogP contribution < -0.4 is 10.1 Å². The topological polar surface area (TPSA) is 171 Å². The van der Waals surface area contributed by atoms with Crippen molar-refractivity contribution in [2.45, 2.75) is 37.9 Å². The van der Waals surface area contributed by atoms with E-state index in [-0.39, 0.29) is 51.8 Å². The molecule has 14 nitrogen and oxygen atoms in total. The maximum absolute atomic E-state index is 13.8. The molecule has 238 valence electrons. The monoisotopic (exact) mass is 630 g/mol. The molecule has 6 rings (SSSR count). The third-order valence-corrected chi connectivity index (χ3v) is 7.70. The fourth-order valence-corrected chi connectivity index (χ4v) is 5.53. The van der Waals surface area contributed by atoms with E-state index in [4.69, 9.17) is 4.74 Å². The van der Waals surface area contributed by atoms with Crippen molar-refractivity contribution in [2.24, 2.45) is 0 Å². The van der Waals surface area contributed by atoms with E-state index in [0.717, 1.165) is 30.3 Å². The van der Waals surface area contributed by atoms with Gasteiger partial charge in [0.15, 0.2) is 12.0 Å². The molecule has 0 bridgehead atoms. The zero-order valence-corrected chi connectivity index (χ0v) is 23.7. The number of halogens is 3. The number of aliphatic hydroxyl groups excluding tert-OH is 1. The van der Waals surface area contributed by atoms with Gasteiger partial charge in [0, 0.05) is 50.8 Å². The molecule has 17 heteroatoms. The maximum Gasteiger partial charge on any atom is 0.435 e. The number of alkyl halides is 3. The number of aliphatic hydroxyl groups is 2. The van der Waals surface area contributed by atoms with E-state index >= 15 is 0 Å². The Balaban J connectivity index is 1.18. The van der Waals surface area contributed by atoms with Gasteiger partial charge in [0.1, 0.15) is 11.5 Å². The van der Waals surface area contributed by atoms with E-state index in [1.165, 1.54) is 41.2 Å². The molecule has 0 radical (unpaired) electrons. The number of piperazine rings is 1. The summed E-state index contributed by atoms with van der Waals surface area (Å²) in [5, 5.41) is 35.8. The Morgan fingerprint density at radius 3 is 2.53 bits per heavy atom. The number of phenolic OH excluding ortho intramolecular Hbond substituents is 1. The van der Waals surface area contributed by atoms with E-state index < -0.39 is 30.6 Å². The number of carbonyl (C=O) groups is 2. The minimum absolute atomic E-state index is 0.00616. The van der Waals surface area contributed by atoms with Crippen LogP contribution in [0.2, 0.25) is 0 Å². The standard InChI is InChI=1S/C28H29F3N8O6/c29-28(30,31)23-18(14-38(35-23)15-22(41)42)20-13-34-24-25(33-6-7-39(20)24)45-16-3-4-17(21(40)12-16)26(43)36-8-10-37(11-9-36)27(44)19-2-1-5-32-19/h3-4,6-7,12-14,19,22,32,40-42H,1-2,5,8-11,15H2/t19-/m0/s1. The average molecular weight is 631 g/mol. The van der Waals surface area contributed by atoms with Crippen LogP contribution in [0.25, 0.3) is 16.9 Å². The van der Waals surface area contributed by atoms with Gasteiger partial charge in [0.2, 0.25) is 11.6 Å². The molecule has 0 saturated carbocycles. The van der Waals surface area contributed by atoms with Gasteiger partial charge in [-0.15, -0.1) is 0 Å². The summed E-state index contributed by atoms with van der Waals surface area (Å²) in [6, 6.07) is 3.88. The van der Waals surface area contributed by atoms with E-state index in [1.54, 1.807) is 9.80 Å². The highest BCUT2D eigenvalue weighted by atomic mass is 19.4. The van der Waals surface area contributed by atoms with Crippen LogP contribution in [0.5, 0.6) is 17.4 Å². The van der Waals surface area contributed by atoms with Crippen LogP contribution in [0.3, 0.4) is 0 Å². The molecule has 3 aromatic heterocycles. The summed E-state index contributed by atoms with van der Waals surface area (Å²) in [7, 11) is 0. The van der Waals surface area contributed by atoms with Crippen molar-refractivity contribution in [1.82, 2.24) is 39.3 Å². The predicted molar refractivity (Wildman–Crippen MR) is 149 cm³/mol. The molecule has 0 unspecified atom stereocenters. The summed E-state index contributed by atoms with van der Waals surface area (Å²) >= 11 is 0. The lowest BCUT2D eigenvalue weighted by Gasteiger charge is -2.36. The second kappa shape index (κ2) is 12.0. The molecule has 5 heterocycles. The Kier molecular flexibility index (Phi) is 8.07. The van der Waals surface area contributed by atoms with Gasteiger partial charge in [0.25, 0.3) is 11.8 Å². The first-order valence-electron chi connectivity index (χ1n) is 14.1. The van der Waals surface area contributed by atoms with E-state index in [0.29, 0.717) is 26.2 Å². The lowest BCUT2D eigenvalue weighted by atomic mass is 10.1. The molecule has 4 N–H and O–H groups in total. The van der Waals surface area contributed by atoms with Crippen LogP contribution >= 0.6 is 0 Å². The van der Waals surface area contributed by atoms with Gasteiger partial charge in [-0.3, -0.25) is 18.7 Å². The molecular formula is C28H29F3N8O6. The van der Waals surface area contributed by atoms with Gasteiger partial charge >= 0.3 is 6.18 Å². The van der Waals surface area contributed by atoms with E-state index in [1.807, 2.05) is 0 Å². The Hall–Kier alpha value is -4.74. The van der Waals surface area contributed by atoms with Crippen molar-refractivity contribution in [1.29, 1.82) is 0 Å². The molecule has 2 aliphatic rings. The van der Waals surface area contributed by atoms with Crippen molar-refractivity contribution in [2.75, 3.05) is 32.7 Å². The summed E-state index contributed by atoms with van der Waals surface area (Å²) in [6.45, 7) is 1.65. The lowest BCUT2D eigenvalue weighted by Crippen LogP contribution is -2.54. The summed E-state index contributed by atoms with van der Waals surface area (Å²) in [6.07, 6.45) is -0.135. The first-order chi connectivity index (χ1) is 21.5. The number of hydrogen-bond acceptors (Lipinski definition) is 10. The number of fused-ring (bicyclic) bond motifs is 1. The maximum atomic E-state index is 13.8. The first kappa shape index (κ1) is 30.3. The number of phenols is 1. The predicted octanol–water partition coefficient (Wildman–Crippen LogP) is 1.46. The number of aromatic hydroxyl groups is 1. The normalized spacial score (nSPS) is 17.4. The van der Waals surface area contributed by atoms with Gasteiger partial charge in [-0.25, -0.2) is 9.97 Å². The molecule has 45 heavy (non-hydrogen) atoms. The second-order valence-electron chi connectivity index (χ2n) is 10.7. The van der Waals surface area contributed by atoms with Crippen LogP contribution in [0, 0.1) is 0 Å². The second-order valence-corrected chi connectivity index (χ2v) is 10.7. The smallest absolute Gasteiger partial charge is 0.435 e. The Labute approximate surface area is 253 Å². The third-order valence-electron chi connectivity index (χ3n) is 7.70. The number of aromatic nitrogens is 5. The molecule has 0 aliphatic carbocycles. The van der Waals surface area contributed by atoms with E-state index in [2.05, 4.69) is 20.4 Å². The number of nitrogens with zero attached hydrogens (tertiary/aromatic N) is 7. The summed E-state index contributed by atoms with van der Waals surface area (Å²) in [4.78, 5) is 37.4. The quantitative estimate of drug-likeness (QED) is 0.219. The minimum atomic E-state index is -4.84. The van der Waals surface area contributed by atoms with Gasteiger partial charge in [0.05, 0.1) is 35.6 Å². The van der Waals surface area contributed by atoms with Crippen molar-refractivity contribution >= 4 is 17.5 Å². The molecule has 2 aliphatic heterocycles. The highest BCUT2D eigenvalue weighted by Gasteiger charge is 2.38. The number of imidazole rings is 1. The van der Waals surface area contributed by atoms with Gasteiger partial charge in [-0.2, -0.15) is 18.3 Å². The van der Waals surface area contributed by atoms with Crippen LogP contribution in [0.1, 0.15) is 28.9 Å². The zero-order chi connectivity index (χ0) is 31.9. The van der Waals surface area contributed by atoms with Crippen LogP contribution in [-0.4, -0.2) is 106 Å². The highest BCUT2D eigenvalue weighted by Crippen LogP contribution is 2.37. The Bertz CT molecular complexity index is 1720. The molecule has 2 amide bonds. The number of amides is 2. The molecule has 2 fully saturated rings. The largest absolute Gasteiger partial charge is 0.507 e. The van der Waals surface area contributed by atoms with Gasteiger partial charge in [-0.05, 0) is 31.5 Å². The number of benzene rings is 1. The minimum Gasteiger partial charge on any atom is -0.507 e. The molecule has 1 atom stereocenters. The first-order valence-corrected chi connectivity index (χ1v) is 14.1. The number of hydrogen-bond donors (Lipinski definition) is 4. The Morgan fingerprint density at radius 2 is 1.87 bits per heavy atom. The number of carbonyl (C=O) groups excluding carboxylic acids is 2. The van der Waals surface area contributed by atoms with Crippen LogP contribution in [-0.2, 0) is 17.5 Å². The van der Waals surface area contributed by atoms with Gasteiger partial charge < -0.3 is 35.2 Å². The SMILES string of the molecule is O=C(c1ccc(Oc2nccn3c(-c4cn(CC(O)O)nc4C(F)(F)F)cnc23)cc1O)N1CCN(C(=O)[C@@H]2CCCN2)CC1. The highest BCUT2D eigenvalue weighted by molar-refractivity contribution is 5.97. The number of ether oxygens (including phenoxy) is 1. The van der Waals surface area contributed by atoms with Gasteiger partial charge in [-0.1, -0.05) is 0 Å². The molecular weight excluding hydrogens is 601 g/mol.